The summed E-state index contributed by atoms with van der Waals surface area (Å²) in [5, 5.41) is 7.81. The molecule has 2 aromatic carbocycles. The Balaban J connectivity index is 1.30. The number of nitrogens with zero attached hydrogens (tertiary/aromatic N) is 2. The van der Waals surface area contributed by atoms with Gasteiger partial charge in [0.15, 0.2) is 11.5 Å². The van der Waals surface area contributed by atoms with Crippen molar-refractivity contribution in [3.8, 4) is 17.2 Å². The quantitative estimate of drug-likeness (QED) is 0.785. The third-order valence-electron chi connectivity index (χ3n) is 3.93. The summed E-state index contributed by atoms with van der Waals surface area (Å²) in [7, 11) is 0. The zero-order chi connectivity index (χ0) is 16.2. The topological polar surface area (TPSA) is 48.3 Å². The summed E-state index contributed by atoms with van der Waals surface area (Å²) < 4.78 is 13.5. The summed E-state index contributed by atoms with van der Waals surface area (Å²) in [4.78, 5) is 0. The zero-order valence-corrected chi connectivity index (χ0v) is 13.3. The molecule has 0 saturated heterocycles. The molecule has 24 heavy (non-hydrogen) atoms. The minimum Gasteiger partial charge on any atom is -0.486 e. The second-order valence-corrected chi connectivity index (χ2v) is 5.76. The van der Waals surface area contributed by atoms with Crippen LogP contribution in [0.25, 0.3) is 5.69 Å². The van der Waals surface area contributed by atoms with Crippen molar-refractivity contribution < 1.29 is 9.47 Å². The van der Waals surface area contributed by atoms with Gasteiger partial charge in [-0.3, -0.25) is 0 Å². The van der Waals surface area contributed by atoms with Gasteiger partial charge in [0.1, 0.15) is 12.7 Å². The van der Waals surface area contributed by atoms with E-state index in [-0.39, 0.29) is 6.10 Å². The summed E-state index contributed by atoms with van der Waals surface area (Å²) in [6.07, 6.45) is 3.94. The Kier molecular flexibility index (Phi) is 4.16. The molecule has 5 nitrogen and oxygen atoms in total. The Morgan fingerprint density at radius 2 is 1.83 bits per heavy atom. The molecule has 0 amide bonds. The molecule has 1 aliphatic heterocycles. The summed E-state index contributed by atoms with van der Waals surface area (Å²) in [6, 6.07) is 17.9. The van der Waals surface area contributed by atoms with E-state index in [1.165, 1.54) is 0 Å². The molecule has 4 rings (SSSR count). The van der Waals surface area contributed by atoms with Gasteiger partial charge in [-0.15, -0.1) is 0 Å². The van der Waals surface area contributed by atoms with Gasteiger partial charge in [-0.05, 0) is 24.3 Å². The van der Waals surface area contributed by atoms with Crippen molar-refractivity contribution >= 4 is 0 Å². The molecule has 0 spiro atoms. The van der Waals surface area contributed by atoms with E-state index >= 15 is 0 Å². The van der Waals surface area contributed by atoms with Crippen LogP contribution in [0.4, 0.5) is 0 Å². The summed E-state index contributed by atoms with van der Waals surface area (Å²) in [5.74, 6) is 1.63. The van der Waals surface area contributed by atoms with Crippen LogP contribution < -0.4 is 14.8 Å². The number of ether oxygens (including phenoxy) is 2. The Hall–Kier alpha value is -2.79. The Bertz CT molecular complexity index is 801. The average Bonchev–Trinajstić information content (AvgIpc) is 3.11. The van der Waals surface area contributed by atoms with E-state index in [9.17, 15) is 0 Å². The minimum atomic E-state index is 0.0177. The molecule has 3 aromatic rings. The number of para-hydroxylation sites is 3. The van der Waals surface area contributed by atoms with Crippen molar-refractivity contribution in [2.24, 2.45) is 0 Å². The highest BCUT2D eigenvalue weighted by Gasteiger charge is 2.19. The van der Waals surface area contributed by atoms with Crippen molar-refractivity contribution in [2.75, 3.05) is 13.2 Å². The average molecular weight is 321 g/mol. The zero-order valence-electron chi connectivity index (χ0n) is 13.3. The summed E-state index contributed by atoms with van der Waals surface area (Å²) in [5.41, 5.74) is 2.19. The van der Waals surface area contributed by atoms with Gasteiger partial charge in [0.2, 0.25) is 0 Å². The molecule has 0 fully saturated rings. The smallest absolute Gasteiger partial charge is 0.161 e. The van der Waals surface area contributed by atoms with E-state index in [1.54, 1.807) is 0 Å². The van der Waals surface area contributed by atoms with Gasteiger partial charge in [0.05, 0.1) is 11.9 Å². The molecule has 122 valence electrons. The van der Waals surface area contributed by atoms with Crippen molar-refractivity contribution in [1.82, 2.24) is 15.1 Å². The number of hydrogen-bond donors (Lipinski definition) is 1. The van der Waals surface area contributed by atoms with Crippen LogP contribution in [0.3, 0.4) is 0 Å². The van der Waals surface area contributed by atoms with Crippen LogP contribution in [-0.2, 0) is 6.54 Å². The highest BCUT2D eigenvalue weighted by Crippen LogP contribution is 2.30. The lowest BCUT2D eigenvalue weighted by Gasteiger charge is -2.26. The lowest BCUT2D eigenvalue weighted by Crippen LogP contribution is -2.38. The number of benzene rings is 2. The molecule has 0 unspecified atom stereocenters. The molecule has 0 saturated carbocycles. The monoisotopic (exact) mass is 321 g/mol. The molecule has 1 aliphatic rings. The van der Waals surface area contributed by atoms with Crippen LogP contribution in [0, 0.1) is 0 Å². The van der Waals surface area contributed by atoms with Crippen molar-refractivity contribution in [2.45, 2.75) is 12.6 Å². The molecule has 1 aromatic heterocycles. The minimum absolute atomic E-state index is 0.0177. The van der Waals surface area contributed by atoms with Gasteiger partial charge >= 0.3 is 0 Å². The summed E-state index contributed by atoms with van der Waals surface area (Å²) in [6.45, 7) is 2.03. The van der Waals surface area contributed by atoms with E-state index in [1.807, 2.05) is 71.7 Å². The van der Waals surface area contributed by atoms with Gasteiger partial charge < -0.3 is 14.8 Å². The van der Waals surface area contributed by atoms with Crippen molar-refractivity contribution in [3.05, 3.63) is 72.6 Å². The lowest BCUT2D eigenvalue weighted by molar-refractivity contribution is 0.0902. The highest BCUT2D eigenvalue weighted by molar-refractivity contribution is 5.40. The molecule has 1 atom stereocenters. The predicted molar refractivity (Wildman–Crippen MR) is 91.6 cm³/mol. The standard InChI is InChI=1S/C19H19N3O2/c1-2-6-16(7-3-1)22-13-15(11-21-22)10-20-12-17-14-23-18-8-4-5-9-19(18)24-17/h1-9,11,13,17,20H,10,12,14H2/t17-/m1/s1. The highest BCUT2D eigenvalue weighted by atomic mass is 16.6. The second kappa shape index (κ2) is 6.76. The normalized spacial score (nSPS) is 16.1. The van der Waals surface area contributed by atoms with Gasteiger partial charge in [-0.1, -0.05) is 30.3 Å². The number of hydrogen-bond acceptors (Lipinski definition) is 4. The van der Waals surface area contributed by atoms with Gasteiger partial charge in [-0.2, -0.15) is 5.10 Å². The Morgan fingerprint density at radius 3 is 2.71 bits per heavy atom. The van der Waals surface area contributed by atoms with E-state index in [2.05, 4.69) is 10.4 Å². The van der Waals surface area contributed by atoms with Crippen LogP contribution in [0.1, 0.15) is 5.56 Å². The van der Waals surface area contributed by atoms with E-state index < -0.39 is 0 Å². The summed E-state index contributed by atoms with van der Waals surface area (Å²) >= 11 is 0. The first kappa shape index (κ1) is 14.8. The fourth-order valence-electron chi connectivity index (χ4n) is 2.71. The van der Waals surface area contributed by atoms with Crippen molar-refractivity contribution in [3.63, 3.8) is 0 Å². The number of rotatable bonds is 5. The molecule has 0 bridgehead atoms. The van der Waals surface area contributed by atoms with Gasteiger partial charge in [-0.25, -0.2) is 4.68 Å². The maximum absolute atomic E-state index is 5.94. The molecule has 0 aliphatic carbocycles. The molecule has 5 heteroatoms. The predicted octanol–water partition coefficient (Wildman–Crippen LogP) is 2.80. The van der Waals surface area contributed by atoms with Gasteiger partial charge in [0.25, 0.3) is 0 Å². The second-order valence-electron chi connectivity index (χ2n) is 5.76. The van der Waals surface area contributed by atoms with Crippen LogP contribution in [0.5, 0.6) is 11.5 Å². The first-order valence-corrected chi connectivity index (χ1v) is 8.07. The first-order chi connectivity index (χ1) is 11.9. The molecular formula is C19H19N3O2. The van der Waals surface area contributed by atoms with Crippen LogP contribution in [-0.4, -0.2) is 29.0 Å². The van der Waals surface area contributed by atoms with E-state index in [4.69, 9.17) is 9.47 Å². The Morgan fingerprint density at radius 1 is 1.04 bits per heavy atom. The number of fused-ring (bicyclic) bond motifs is 1. The van der Waals surface area contributed by atoms with Gasteiger partial charge in [0, 0.05) is 24.8 Å². The molecule has 0 radical (unpaired) electrons. The molecular weight excluding hydrogens is 302 g/mol. The van der Waals surface area contributed by atoms with E-state index in [0.717, 1.165) is 35.8 Å². The molecule has 1 N–H and O–H groups in total. The fourth-order valence-corrected chi connectivity index (χ4v) is 2.71. The van der Waals surface area contributed by atoms with Crippen molar-refractivity contribution in [1.29, 1.82) is 0 Å². The largest absolute Gasteiger partial charge is 0.486 e. The van der Waals surface area contributed by atoms with Crippen LogP contribution >= 0.6 is 0 Å². The third-order valence-corrected chi connectivity index (χ3v) is 3.93. The maximum Gasteiger partial charge on any atom is 0.161 e. The number of aromatic nitrogens is 2. The Labute approximate surface area is 140 Å². The lowest BCUT2D eigenvalue weighted by atomic mass is 10.2. The maximum atomic E-state index is 5.94. The first-order valence-electron chi connectivity index (χ1n) is 8.07. The third kappa shape index (κ3) is 3.26. The van der Waals surface area contributed by atoms with E-state index in [0.29, 0.717) is 6.61 Å². The number of nitrogens with one attached hydrogen (secondary N) is 1. The van der Waals surface area contributed by atoms with Crippen LogP contribution in [0.2, 0.25) is 0 Å². The SMILES string of the molecule is c1ccc(-n2cc(CNC[C@@H]3COc4ccccc4O3)cn2)cc1. The molecule has 2 heterocycles. The van der Waals surface area contributed by atoms with Crippen LogP contribution in [0.15, 0.2) is 67.0 Å². The fraction of sp³-hybridized carbons (Fsp3) is 0.211.